The molecule has 3 aromatic carbocycles. The summed E-state index contributed by atoms with van der Waals surface area (Å²) in [4.78, 5) is 12.1. The molecule has 3 rings (SSSR count). The lowest BCUT2D eigenvalue weighted by molar-refractivity contribution is 0.102. The minimum Gasteiger partial charge on any atom is -0.457 e. The Balaban J connectivity index is 1.65. The van der Waals surface area contributed by atoms with Gasteiger partial charge in [-0.3, -0.25) is 4.79 Å². The fraction of sp³-hybridized carbons (Fsp3) is 0. The molecule has 0 saturated heterocycles. The Morgan fingerprint density at radius 1 is 0.783 bits per heavy atom. The number of carbonyl (C=O) groups is 1. The Morgan fingerprint density at radius 2 is 1.39 bits per heavy atom. The molecule has 0 aliphatic heterocycles. The first-order chi connectivity index (χ1) is 11.2. The molecule has 114 valence electrons. The molecule has 0 aliphatic carbocycles. The fourth-order valence-electron chi connectivity index (χ4n) is 2.04. The van der Waals surface area contributed by atoms with Crippen molar-refractivity contribution in [2.45, 2.75) is 0 Å². The molecule has 23 heavy (non-hydrogen) atoms. The zero-order valence-corrected chi connectivity index (χ0v) is 13.0. The number of carbonyl (C=O) groups excluding carboxylic acids is 1. The minimum absolute atomic E-state index is 0.182. The lowest BCUT2D eigenvalue weighted by atomic mass is 10.2. The summed E-state index contributed by atoms with van der Waals surface area (Å²) < 4.78 is 5.71. The molecule has 0 spiro atoms. The molecular weight excluding hydrogens is 310 g/mol. The Bertz CT molecular complexity index is 784. The lowest BCUT2D eigenvalue weighted by Gasteiger charge is -2.08. The number of rotatable bonds is 4. The first kappa shape index (κ1) is 15.1. The van der Waals surface area contributed by atoms with Gasteiger partial charge < -0.3 is 10.1 Å². The van der Waals surface area contributed by atoms with Gasteiger partial charge >= 0.3 is 0 Å². The normalized spacial score (nSPS) is 10.1. The average Bonchev–Trinajstić information content (AvgIpc) is 2.58. The van der Waals surface area contributed by atoms with Crippen LogP contribution in [0.2, 0.25) is 5.02 Å². The molecule has 0 saturated carbocycles. The Kier molecular flexibility index (Phi) is 4.60. The highest BCUT2D eigenvalue weighted by Crippen LogP contribution is 2.23. The van der Waals surface area contributed by atoms with E-state index >= 15 is 0 Å². The molecule has 0 heterocycles. The van der Waals surface area contributed by atoms with Crippen LogP contribution in [-0.2, 0) is 0 Å². The van der Waals surface area contributed by atoms with Crippen LogP contribution in [0.4, 0.5) is 5.69 Å². The van der Waals surface area contributed by atoms with Crippen LogP contribution in [0.25, 0.3) is 0 Å². The van der Waals surface area contributed by atoms with Crippen LogP contribution in [-0.4, -0.2) is 5.91 Å². The summed E-state index contributed by atoms with van der Waals surface area (Å²) >= 11 is 5.81. The summed E-state index contributed by atoms with van der Waals surface area (Å²) in [5.74, 6) is 1.30. The molecule has 0 bridgehead atoms. The minimum atomic E-state index is -0.182. The van der Waals surface area contributed by atoms with E-state index in [9.17, 15) is 4.79 Å². The molecule has 0 unspecified atom stereocenters. The van der Waals surface area contributed by atoms with E-state index in [1.807, 2.05) is 42.5 Å². The van der Waals surface area contributed by atoms with Gasteiger partial charge in [-0.1, -0.05) is 29.8 Å². The van der Waals surface area contributed by atoms with Crippen molar-refractivity contribution in [3.8, 4) is 11.5 Å². The van der Waals surface area contributed by atoms with E-state index in [1.165, 1.54) is 0 Å². The van der Waals surface area contributed by atoms with Gasteiger partial charge in [0.2, 0.25) is 0 Å². The Hall–Kier alpha value is -2.78. The van der Waals surface area contributed by atoms with Crippen molar-refractivity contribution in [2.75, 3.05) is 5.32 Å². The predicted octanol–water partition coefficient (Wildman–Crippen LogP) is 5.38. The number of benzene rings is 3. The van der Waals surface area contributed by atoms with Crippen molar-refractivity contribution in [3.05, 3.63) is 89.4 Å². The summed E-state index contributed by atoms with van der Waals surface area (Å²) in [5, 5.41) is 3.43. The van der Waals surface area contributed by atoms with Crippen molar-refractivity contribution >= 4 is 23.2 Å². The van der Waals surface area contributed by atoms with Crippen molar-refractivity contribution in [1.82, 2.24) is 0 Å². The highest BCUT2D eigenvalue weighted by atomic mass is 35.5. The van der Waals surface area contributed by atoms with Gasteiger partial charge in [0, 0.05) is 16.3 Å². The third-order valence-electron chi connectivity index (χ3n) is 3.20. The second kappa shape index (κ2) is 6.99. The predicted molar refractivity (Wildman–Crippen MR) is 92.4 cm³/mol. The molecule has 0 fully saturated rings. The van der Waals surface area contributed by atoms with Crippen LogP contribution in [0.1, 0.15) is 10.4 Å². The number of ether oxygens (including phenoxy) is 1. The summed E-state index contributed by atoms with van der Waals surface area (Å²) in [6, 6.07) is 23.5. The van der Waals surface area contributed by atoms with Crippen LogP contribution < -0.4 is 10.1 Å². The molecule has 1 amide bonds. The number of hydrogen-bond acceptors (Lipinski definition) is 2. The monoisotopic (exact) mass is 323 g/mol. The molecule has 0 atom stereocenters. The second-order valence-electron chi connectivity index (χ2n) is 4.90. The van der Waals surface area contributed by atoms with Crippen LogP contribution in [0.3, 0.4) is 0 Å². The average molecular weight is 324 g/mol. The number of halogens is 1. The first-order valence-electron chi connectivity index (χ1n) is 7.10. The first-order valence-corrected chi connectivity index (χ1v) is 7.48. The van der Waals surface area contributed by atoms with Gasteiger partial charge in [0.25, 0.3) is 5.91 Å². The highest BCUT2D eigenvalue weighted by molar-refractivity contribution is 6.30. The topological polar surface area (TPSA) is 38.3 Å². The quantitative estimate of drug-likeness (QED) is 0.699. The number of anilines is 1. The van der Waals surface area contributed by atoms with Crippen LogP contribution in [0, 0.1) is 0 Å². The number of nitrogens with one attached hydrogen (secondary N) is 1. The van der Waals surface area contributed by atoms with Gasteiger partial charge in [0.15, 0.2) is 0 Å². The van der Waals surface area contributed by atoms with Crippen molar-refractivity contribution < 1.29 is 9.53 Å². The highest BCUT2D eigenvalue weighted by Gasteiger charge is 2.06. The maximum absolute atomic E-state index is 12.1. The van der Waals surface area contributed by atoms with E-state index in [1.54, 1.807) is 36.4 Å². The van der Waals surface area contributed by atoms with E-state index in [0.29, 0.717) is 22.0 Å². The molecule has 0 radical (unpaired) electrons. The smallest absolute Gasteiger partial charge is 0.255 e. The number of hydrogen-bond donors (Lipinski definition) is 1. The molecule has 4 heteroatoms. The van der Waals surface area contributed by atoms with E-state index < -0.39 is 0 Å². The van der Waals surface area contributed by atoms with Crippen molar-refractivity contribution in [2.24, 2.45) is 0 Å². The van der Waals surface area contributed by atoms with Gasteiger partial charge in [-0.25, -0.2) is 0 Å². The molecule has 0 aliphatic rings. The molecule has 3 aromatic rings. The third kappa shape index (κ3) is 4.11. The second-order valence-corrected chi connectivity index (χ2v) is 5.34. The maximum atomic E-state index is 12.1. The van der Waals surface area contributed by atoms with Gasteiger partial charge in [-0.15, -0.1) is 0 Å². The van der Waals surface area contributed by atoms with E-state index in [2.05, 4.69) is 5.32 Å². The van der Waals surface area contributed by atoms with Crippen LogP contribution in [0.5, 0.6) is 11.5 Å². The fourth-order valence-corrected chi connectivity index (χ4v) is 2.16. The van der Waals surface area contributed by atoms with E-state index in [0.717, 1.165) is 5.75 Å². The summed E-state index contributed by atoms with van der Waals surface area (Å²) in [5.41, 5.74) is 1.25. The van der Waals surface area contributed by atoms with E-state index in [4.69, 9.17) is 16.3 Å². The molecule has 1 N–H and O–H groups in total. The Morgan fingerprint density at radius 3 is 2.04 bits per heavy atom. The standard InChI is InChI=1S/C19H14ClNO2/c20-15-8-6-14(7-9-15)19(22)21-16-10-12-18(13-11-16)23-17-4-2-1-3-5-17/h1-13H,(H,21,22). The number of para-hydroxylation sites is 1. The largest absolute Gasteiger partial charge is 0.457 e. The zero-order chi connectivity index (χ0) is 16.1. The van der Waals surface area contributed by atoms with Crippen LogP contribution >= 0.6 is 11.6 Å². The Labute approximate surface area is 139 Å². The number of amides is 1. The van der Waals surface area contributed by atoms with Gasteiger partial charge in [0.05, 0.1) is 0 Å². The van der Waals surface area contributed by atoms with Gasteiger partial charge in [-0.05, 0) is 60.7 Å². The van der Waals surface area contributed by atoms with Crippen molar-refractivity contribution in [1.29, 1.82) is 0 Å². The lowest BCUT2D eigenvalue weighted by Crippen LogP contribution is -2.11. The molecular formula is C19H14ClNO2. The molecule has 0 aromatic heterocycles. The van der Waals surface area contributed by atoms with Gasteiger partial charge in [0.1, 0.15) is 11.5 Å². The summed E-state index contributed by atoms with van der Waals surface area (Å²) in [7, 11) is 0. The maximum Gasteiger partial charge on any atom is 0.255 e. The van der Waals surface area contributed by atoms with E-state index in [-0.39, 0.29) is 5.91 Å². The van der Waals surface area contributed by atoms with Crippen molar-refractivity contribution in [3.63, 3.8) is 0 Å². The van der Waals surface area contributed by atoms with Gasteiger partial charge in [-0.2, -0.15) is 0 Å². The molecule has 3 nitrogen and oxygen atoms in total. The van der Waals surface area contributed by atoms with Crippen LogP contribution in [0.15, 0.2) is 78.9 Å². The SMILES string of the molecule is O=C(Nc1ccc(Oc2ccccc2)cc1)c1ccc(Cl)cc1. The third-order valence-corrected chi connectivity index (χ3v) is 3.45. The summed E-state index contributed by atoms with van der Waals surface area (Å²) in [6.07, 6.45) is 0. The summed E-state index contributed by atoms with van der Waals surface area (Å²) in [6.45, 7) is 0. The zero-order valence-electron chi connectivity index (χ0n) is 12.2.